The monoisotopic (exact) mass is 503 g/mol. The summed E-state index contributed by atoms with van der Waals surface area (Å²) < 4.78 is 31.2. The Labute approximate surface area is 213 Å². The molecule has 2 unspecified atom stereocenters. The molecule has 190 valence electrons. The molecule has 1 amide bonds. The maximum absolute atomic E-state index is 14.6. The zero-order chi connectivity index (χ0) is 25.8. The van der Waals surface area contributed by atoms with Crippen LogP contribution in [0.1, 0.15) is 35.6 Å². The van der Waals surface area contributed by atoms with Crippen molar-refractivity contribution in [1.29, 1.82) is 0 Å². The standard InChI is InChI=1S/C29H26FNO6/c30-21-10-11-24(37-18-26(32)33)23(16-21)28-22-9-5-4-6-19(22)12-13-31(28)29(34)27(20-7-2-1-3-8-20)25-17-35-14-15-36-25/h1-2,4-7,9-11,14-17,27-28H,3,8,12-13,18H2,(H,32,33). The minimum atomic E-state index is -1.15. The molecule has 0 radical (unpaired) electrons. The molecule has 0 saturated heterocycles. The number of nitrogens with zero attached hydrogens (tertiary/aromatic N) is 1. The zero-order valence-electron chi connectivity index (χ0n) is 20.0. The fourth-order valence-electron chi connectivity index (χ4n) is 5.04. The van der Waals surface area contributed by atoms with E-state index in [1.54, 1.807) is 4.90 Å². The maximum Gasteiger partial charge on any atom is 0.341 e. The van der Waals surface area contributed by atoms with Crippen molar-refractivity contribution in [3.05, 3.63) is 113 Å². The number of halogens is 1. The van der Waals surface area contributed by atoms with Crippen LogP contribution >= 0.6 is 0 Å². The van der Waals surface area contributed by atoms with Crippen LogP contribution in [0.5, 0.6) is 5.75 Å². The van der Waals surface area contributed by atoms with Crippen molar-refractivity contribution < 1.29 is 33.3 Å². The number of benzene rings is 2. The summed E-state index contributed by atoms with van der Waals surface area (Å²) in [5.41, 5.74) is 3.13. The van der Waals surface area contributed by atoms with Gasteiger partial charge in [0, 0.05) is 12.1 Å². The van der Waals surface area contributed by atoms with Crippen molar-refractivity contribution in [1.82, 2.24) is 4.90 Å². The molecule has 3 aliphatic rings. The fraction of sp³-hybridized carbons (Fsp3) is 0.241. The van der Waals surface area contributed by atoms with Gasteiger partial charge in [-0.25, -0.2) is 9.18 Å². The Balaban J connectivity index is 1.61. The molecule has 2 aromatic carbocycles. The van der Waals surface area contributed by atoms with Gasteiger partial charge < -0.3 is 24.2 Å². The lowest BCUT2D eigenvalue weighted by atomic mass is 9.84. The molecular weight excluding hydrogens is 477 g/mol. The number of carbonyl (C=O) groups is 2. The van der Waals surface area contributed by atoms with E-state index in [9.17, 15) is 19.1 Å². The first-order valence-corrected chi connectivity index (χ1v) is 12.1. The van der Waals surface area contributed by atoms with Crippen molar-refractivity contribution in [3.8, 4) is 5.75 Å². The van der Waals surface area contributed by atoms with Crippen LogP contribution in [0, 0.1) is 11.7 Å². The number of amides is 1. The molecule has 8 heteroatoms. The third-order valence-corrected chi connectivity index (χ3v) is 6.65. The number of rotatable bonds is 7. The molecule has 0 spiro atoms. The number of fused-ring (bicyclic) bond motifs is 1. The highest BCUT2D eigenvalue weighted by atomic mass is 19.1. The van der Waals surface area contributed by atoms with Gasteiger partial charge in [-0.05, 0) is 54.2 Å². The van der Waals surface area contributed by atoms with Crippen LogP contribution < -0.4 is 4.74 Å². The van der Waals surface area contributed by atoms with Gasteiger partial charge in [0.1, 0.15) is 36.3 Å². The lowest BCUT2D eigenvalue weighted by Gasteiger charge is -2.40. The van der Waals surface area contributed by atoms with Crippen LogP contribution in [0.25, 0.3) is 0 Å². The van der Waals surface area contributed by atoms with Gasteiger partial charge >= 0.3 is 5.97 Å². The predicted octanol–water partition coefficient (Wildman–Crippen LogP) is 5.02. The molecule has 1 N–H and O–H groups in total. The highest BCUT2D eigenvalue weighted by molar-refractivity contribution is 5.86. The molecule has 2 heterocycles. The summed E-state index contributed by atoms with van der Waals surface area (Å²) in [6.07, 6.45) is 12.2. The topological polar surface area (TPSA) is 85.3 Å². The minimum absolute atomic E-state index is 0.207. The Morgan fingerprint density at radius 3 is 2.76 bits per heavy atom. The Morgan fingerprint density at radius 2 is 2.00 bits per heavy atom. The summed E-state index contributed by atoms with van der Waals surface area (Å²) in [6, 6.07) is 10.9. The van der Waals surface area contributed by atoms with Crippen LogP contribution in [-0.2, 0) is 25.5 Å². The Morgan fingerprint density at radius 1 is 1.14 bits per heavy atom. The summed E-state index contributed by atoms with van der Waals surface area (Å²) in [6.45, 7) is -0.216. The van der Waals surface area contributed by atoms with Gasteiger partial charge in [-0.2, -0.15) is 0 Å². The van der Waals surface area contributed by atoms with Crippen LogP contribution in [0.4, 0.5) is 4.39 Å². The molecule has 37 heavy (non-hydrogen) atoms. The van der Waals surface area contributed by atoms with E-state index in [4.69, 9.17) is 14.2 Å². The van der Waals surface area contributed by atoms with E-state index in [-0.39, 0.29) is 11.7 Å². The molecular formula is C29H26FNO6. The van der Waals surface area contributed by atoms with E-state index in [0.717, 1.165) is 23.1 Å². The minimum Gasteiger partial charge on any atom is -0.482 e. The number of ether oxygens (including phenoxy) is 3. The highest BCUT2D eigenvalue weighted by Crippen LogP contribution is 2.42. The van der Waals surface area contributed by atoms with Gasteiger partial charge in [-0.15, -0.1) is 0 Å². The first-order chi connectivity index (χ1) is 18.0. The molecule has 0 aromatic heterocycles. The third kappa shape index (κ3) is 5.14. The number of carbonyl (C=O) groups excluding carboxylic acids is 1. The van der Waals surface area contributed by atoms with E-state index < -0.39 is 30.4 Å². The number of hydrogen-bond donors (Lipinski definition) is 1. The van der Waals surface area contributed by atoms with Gasteiger partial charge in [0.05, 0.1) is 6.04 Å². The number of allylic oxidation sites excluding steroid dienone is 3. The molecule has 7 nitrogen and oxygen atoms in total. The normalized spacial score (nSPS) is 19.1. The van der Waals surface area contributed by atoms with Crippen molar-refractivity contribution in [2.24, 2.45) is 5.92 Å². The van der Waals surface area contributed by atoms with Crippen molar-refractivity contribution in [2.45, 2.75) is 25.3 Å². The average Bonchev–Trinajstić information content (AvgIpc) is 2.93. The van der Waals surface area contributed by atoms with Gasteiger partial charge in [0.15, 0.2) is 12.4 Å². The van der Waals surface area contributed by atoms with Crippen LogP contribution in [0.3, 0.4) is 0 Å². The summed E-state index contributed by atoms with van der Waals surface area (Å²) in [5.74, 6) is -2.05. The average molecular weight is 504 g/mol. The third-order valence-electron chi connectivity index (χ3n) is 6.65. The van der Waals surface area contributed by atoms with E-state index in [1.165, 1.54) is 37.0 Å². The first kappa shape index (κ1) is 24.4. The van der Waals surface area contributed by atoms with Crippen molar-refractivity contribution in [2.75, 3.05) is 13.2 Å². The molecule has 1 aliphatic carbocycles. The first-order valence-electron chi connectivity index (χ1n) is 12.1. The number of aliphatic carboxylic acids is 1. The molecule has 0 fully saturated rings. The largest absolute Gasteiger partial charge is 0.482 e. The van der Waals surface area contributed by atoms with E-state index in [0.29, 0.717) is 30.7 Å². The van der Waals surface area contributed by atoms with Crippen LogP contribution in [0.2, 0.25) is 0 Å². The van der Waals surface area contributed by atoms with E-state index >= 15 is 0 Å². The summed E-state index contributed by atoms with van der Waals surface area (Å²) >= 11 is 0. The molecule has 2 aliphatic heterocycles. The quantitative estimate of drug-likeness (QED) is 0.572. The molecule has 5 rings (SSSR count). The SMILES string of the molecule is O=C(O)COc1ccc(F)cc1C1c2ccccc2CCN1C(=O)C(C1=CC=CCC1)C1=COC=CO1. The molecule has 0 bridgehead atoms. The second kappa shape index (κ2) is 10.7. The van der Waals surface area contributed by atoms with Crippen molar-refractivity contribution in [3.63, 3.8) is 0 Å². The Bertz CT molecular complexity index is 1330. The maximum atomic E-state index is 14.6. The number of carboxylic acid groups (broad SMARTS) is 1. The number of carboxylic acids is 1. The van der Waals surface area contributed by atoms with Crippen molar-refractivity contribution >= 4 is 11.9 Å². The highest BCUT2D eigenvalue weighted by Gasteiger charge is 2.40. The second-order valence-electron chi connectivity index (χ2n) is 8.94. The zero-order valence-corrected chi connectivity index (χ0v) is 20.0. The molecule has 0 saturated carbocycles. The lowest BCUT2D eigenvalue weighted by molar-refractivity contribution is -0.139. The summed E-state index contributed by atoms with van der Waals surface area (Å²) in [5, 5.41) is 9.18. The Kier molecular flexibility index (Phi) is 7.07. The van der Waals surface area contributed by atoms with Crippen LogP contribution in [-0.4, -0.2) is 35.0 Å². The van der Waals surface area contributed by atoms with Crippen LogP contribution in [0.15, 0.2) is 90.8 Å². The predicted molar refractivity (Wildman–Crippen MR) is 133 cm³/mol. The second-order valence-corrected chi connectivity index (χ2v) is 8.94. The smallest absolute Gasteiger partial charge is 0.341 e. The summed E-state index contributed by atoms with van der Waals surface area (Å²) in [7, 11) is 0. The van der Waals surface area contributed by atoms with E-state index in [2.05, 4.69) is 0 Å². The van der Waals surface area contributed by atoms with Gasteiger partial charge in [-0.3, -0.25) is 4.79 Å². The van der Waals surface area contributed by atoms with E-state index in [1.807, 2.05) is 42.5 Å². The fourth-order valence-corrected chi connectivity index (χ4v) is 5.04. The van der Waals surface area contributed by atoms with Gasteiger partial charge in [0.25, 0.3) is 0 Å². The Hall–Kier alpha value is -4.33. The summed E-state index contributed by atoms with van der Waals surface area (Å²) in [4.78, 5) is 27.3. The van der Waals surface area contributed by atoms with Gasteiger partial charge in [-0.1, -0.05) is 42.5 Å². The number of hydrogen-bond acceptors (Lipinski definition) is 5. The molecule has 2 atom stereocenters. The lowest BCUT2D eigenvalue weighted by Crippen LogP contribution is -2.45. The molecule has 2 aromatic rings. The van der Waals surface area contributed by atoms with Gasteiger partial charge in [0.2, 0.25) is 5.91 Å².